The Morgan fingerprint density at radius 2 is 1.92 bits per heavy atom. The van der Waals surface area contributed by atoms with E-state index in [9.17, 15) is 0 Å². The van der Waals surface area contributed by atoms with E-state index in [0.717, 1.165) is 18.5 Å². The first-order valence-electron chi connectivity index (χ1n) is 4.90. The minimum absolute atomic E-state index is 0.582. The quantitative estimate of drug-likeness (QED) is 0.705. The van der Waals surface area contributed by atoms with Crippen LogP contribution in [0.4, 0.5) is 5.82 Å². The van der Waals surface area contributed by atoms with Gasteiger partial charge in [-0.05, 0) is 12.8 Å². The molecular weight excluding hydrogens is 162 g/mol. The van der Waals surface area contributed by atoms with Crippen molar-refractivity contribution in [3.63, 3.8) is 0 Å². The number of hydrogen-bond acceptors (Lipinski definition) is 3. The zero-order chi connectivity index (χ0) is 9.52. The molecular formula is C10H17N3. The lowest BCUT2D eigenvalue weighted by Gasteiger charge is -2.01. The molecule has 0 unspecified atom stereocenters. The Morgan fingerprint density at radius 3 is 2.62 bits per heavy atom. The number of aryl methyl sites for hydroxylation is 1. The number of aromatic nitrogens is 2. The monoisotopic (exact) mass is 179 g/mol. The smallest absolute Gasteiger partial charge is 0.145 e. The van der Waals surface area contributed by atoms with Gasteiger partial charge in [0.2, 0.25) is 0 Å². The van der Waals surface area contributed by atoms with Crippen molar-refractivity contribution >= 4 is 5.82 Å². The van der Waals surface area contributed by atoms with Crippen molar-refractivity contribution in [2.45, 2.75) is 39.0 Å². The SMILES string of the molecule is CCCCCCc1nccnc1N. The van der Waals surface area contributed by atoms with E-state index in [0.29, 0.717) is 5.82 Å². The van der Waals surface area contributed by atoms with Crippen LogP contribution in [0.2, 0.25) is 0 Å². The molecule has 0 aliphatic rings. The van der Waals surface area contributed by atoms with Gasteiger partial charge in [-0.25, -0.2) is 4.98 Å². The Hall–Kier alpha value is -1.12. The van der Waals surface area contributed by atoms with Crippen LogP contribution in [0, 0.1) is 0 Å². The number of rotatable bonds is 5. The van der Waals surface area contributed by atoms with Crippen molar-refractivity contribution in [3.8, 4) is 0 Å². The molecule has 0 saturated carbocycles. The maximum absolute atomic E-state index is 5.66. The molecule has 0 spiro atoms. The van der Waals surface area contributed by atoms with Crippen LogP contribution in [0.5, 0.6) is 0 Å². The minimum Gasteiger partial charge on any atom is -0.382 e. The summed E-state index contributed by atoms with van der Waals surface area (Å²) < 4.78 is 0. The summed E-state index contributed by atoms with van der Waals surface area (Å²) in [5.74, 6) is 0.582. The first-order chi connectivity index (χ1) is 6.34. The van der Waals surface area contributed by atoms with E-state index in [4.69, 9.17) is 5.73 Å². The van der Waals surface area contributed by atoms with Crippen molar-refractivity contribution in [2.75, 3.05) is 5.73 Å². The lowest BCUT2D eigenvalue weighted by Crippen LogP contribution is -2.00. The third-order valence-electron chi connectivity index (χ3n) is 2.07. The molecule has 0 aliphatic heterocycles. The van der Waals surface area contributed by atoms with E-state index < -0.39 is 0 Å². The predicted molar refractivity (Wildman–Crippen MR) is 54.3 cm³/mol. The molecule has 0 saturated heterocycles. The fourth-order valence-electron chi connectivity index (χ4n) is 1.29. The molecule has 3 heteroatoms. The van der Waals surface area contributed by atoms with Crippen LogP contribution in [-0.2, 0) is 6.42 Å². The number of hydrogen-bond donors (Lipinski definition) is 1. The van der Waals surface area contributed by atoms with Crippen molar-refractivity contribution in [3.05, 3.63) is 18.1 Å². The van der Waals surface area contributed by atoms with Gasteiger partial charge in [0.25, 0.3) is 0 Å². The van der Waals surface area contributed by atoms with Gasteiger partial charge in [-0.15, -0.1) is 0 Å². The lowest BCUT2D eigenvalue weighted by molar-refractivity contribution is 0.660. The fraction of sp³-hybridized carbons (Fsp3) is 0.600. The number of nitrogen functional groups attached to an aromatic ring is 1. The molecule has 3 nitrogen and oxygen atoms in total. The summed E-state index contributed by atoms with van der Waals surface area (Å²) >= 11 is 0. The first-order valence-corrected chi connectivity index (χ1v) is 4.90. The molecule has 13 heavy (non-hydrogen) atoms. The van der Waals surface area contributed by atoms with Crippen molar-refractivity contribution < 1.29 is 0 Å². The largest absolute Gasteiger partial charge is 0.382 e. The highest BCUT2D eigenvalue weighted by Gasteiger charge is 1.99. The second kappa shape index (κ2) is 5.51. The first kappa shape index (κ1) is 9.96. The van der Waals surface area contributed by atoms with Gasteiger partial charge in [0.1, 0.15) is 5.82 Å². The molecule has 2 N–H and O–H groups in total. The molecule has 0 radical (unpaired) electrons. The Morgan fingerprint density at radius 1 is 1.15 bits per heavy atom. The summed E-state index contributed by atoms with van der Waals surface area (Å²) in [6.07, 6.45) is 9.26. The second-order valence-electron chi connectivity index (χ2n) is 3.20. The number of nitrogens with zero attached hydrogens (tertiary/aromatic N) is 2. The van der Waals surface area contributed by atoms with E-state index >= 15 is 0 Å². The van der Waals surface area contributed by atoms with Crippen molar-refractivity contribution in [1.29, 1.82) is 0 Å². The van der Waals surface area contributed by atoms with Gasteiger partial charge in [-0.2, -0.15) is 0 Å². The average molecular weight is 179 g/mol. The zero-order valence-electron chi connectivity index (χ0n) is 8.16. The normalized spacial score (nSPS) is 10.2. The van der Waals surface area contributed by atoms with Crippen LogP contribution in [0.25, 0.3) is 0 Å². The highest BCUT2D eigenvalue weighted by molar-refractivity contribution is 5.32. The lowest BCUT2D eigenvalue weighted by atomic mass is 10.1. The summed E-state index contributed by atoms with van der Waals surface area (Å²) in [6, 6.07) is 0. The van der Waals surface area contributed by atoms with Gasteiger partial charge in [-0.1, -0.05) is 26.2 Å². The molecule has 0 aromatic carbocycles. The van der Waals surface area contributed by atoms with E-state index in [1.807, 2.05) is 0 Å². The Balaban J connectivity index is 2.32. The van der Waals surface area contributed by atoms with E-state index in [1.165, 1.54) is 19.3 Å². The predicted octanol–water partition coefficient (Wildman–Crippen LogP) is 2.18. The summed E-state index contributed by atoms with van der Waals surface area (Å²) in [5, 5.41) is 0. The summed E-state index contributed by atoms with van der Waals surface area (Å²) in [7, 11) is 0. The summed E-state index contributed by atoms with van der Waals surface area (Å²) in [6.45, 7) is 2.21. The summed E-state index contributed by atoms with van der Waals surface area (Å²) in [5.41, 5.74) is 6.60. The van der Waals surface area contributed by atoms with Gasteiger partial charge in [-0.3, -0.25) is 4.98 Å². The molecule has 0 amide bonds. The molecule has 0 atom stereocenters. The average Bonchev–Trinajstić information content (AvgIpc) is 2.15. The maximum atomic E-state index is 5.66. The van der Waals surface area contributed by atoms with Gasteiger partial charge < -0.3 is 5.73 Å². The van der Waals surface area contributed by atoms with Crippen LogP contribution < -0.4 is 5.73 Å². The zero-order valence-corrected chi connectivity index (χ0v) is 8.16. The third-order valence-corrected chi connectivity index (χ3v) is 2.07. The van der Waals surface area contributed by atoms with Crippen LogP contribution >= 0.6 is 0 Å². The molecule has 0 bridgehead atoms. The number of nitrogens with two attached hydrogens (primary N) is 1. The van der Waals surface area contributed by atoms with Crippen molar-refractivity contribution in [1.82, 2.24) is 9.97 Å². The fourth-order valence-corrected chi connectivity index (χ4v) is 1.29. The molecule has 0 aliphatic carbocycles. The molecule has 1 heterocycles. The Labute approximate surface area is 79.4 Å². The minimum atomic E-state index is 0.582. The number of anilines is 1. The summed E-state index contributed by atoms with van der Waals surface area (Å²) in [4.78, 5) is 8.18. The number of unbranched alkanes of at least 4 members (excludes halogenated alkanes) is 3. The Kier molecular flexibility index (Phi) is 4.23. The van der Waals surface area contributed by atoms with Gasteiger partial charge in [0.15, 0.2) is 0 Å². The second-order valence-corrected chi connectivity index (χ2v) is 3.20. The van der Waals surface area contributed by atoms with Crippen LogP contribution in [0.15, 0.2) is 12.4 Å². The van der Waals surface area contributed by atoms with E-state index in [1.54, 1.807) is 12.4 Å². The maximum Gasteiger partial charge on any atom is 0.145 e. The highest BCUT2D eigenvalue weighted by atomic mass is 14.9. The van der Waals surface area contributed by atoms with Crippen LogP contribution in [0.3, 0.4) is 0 Å². The third kappa shape index (κ3) is 3.40. The Bertz CT molecular complexity index is 248. The van der Waals surface area contributed by atoms with E-state index in [-0.39, 0.29) is 0 Å². The van der Waals surface area contributed by atoms with Crippen LogP contribution in [-0.4, -0.2) is 9.97 Å². The molecule has 72 valence electrons. The van der Waals surface area contributed by atoms with Gasteiger partial charge >= 0.3 is 0 Å². The van der Waals surface area contributed by atoms with Crippen molar-refractivity contribution in [2.24, 2.45) is 0 Å². The van der Waals surface area contributed by atoms with Crippen LogP contribution in [0.1, 0.15) is 38.3 Å². The molecule has 1 rings (SSSR count). The standard InChI is InChI=1S/C10H17N3/c1-2-3-4-5-6-9-10(11)13-8-7-12-9/h7-8H,2-6H2,1H3,(H2,11,13). The topological polar surface area (TPSA) is 51.8 Å². The van der Waals surface area contributed by atoms with Gasteiger partial charge in [0, 0.05) is 12.4 Å². The molecule has 1 aromatic rings. The highest BCUT2D eigenvalue weighted by Crippen LogP contribution is 2.09. The molecule has 1 aromatic heterocycles. The van der Waals surface area contributed by atoms with Gasteiger partial charge in [0.05, 0.1) is 5.69 Å². The van der Waals surface area contributed by atoms with E-state index in [2.05, 4.69) is 16.9 Å². The molecule has 0 fully saturated rings.